The highest BCUT2D eigenvalue weighted by Crippen LogP contribution is 2.19. The molecule has 2 aromatic rings. The third kappa shape index (κ3) is 3.08. The Hall–Kier alpha value is -0.830. The van der Waals surface area contributed by atoms with Crippen LogP contribution in [0.15, 0.2) is 41.8 Å². The molecule has 0 fully saturated rings. The summed E-state index contributed by atoms with van der Waals surface area (Å²) >= 11 is 7.71. The number of hydrogen-bond acceptors (Lipinski definition) is 2. The summed E-state index contributed by atoms with van der Waals surface area (Å²) in [6, 6.07) is 12.6. The first-order chi connectivity index (χ1) is 7.75. The van der Waals surface area contributed by atoms with Crippen LogP contribution in [0.1, 0.15) is 23.4 Å². The van der Waals surface area contributed by atoms with Crippen LogP contribution < -0.4 is 5.32 Å². The maximum Gasteiger partial charge on any atom is 0.0409 e. The fourth-order valence-corrected chi connectivity index (χ4v) is 2.53. The molecule has 0 saturated carbocycles. The molecule has 1 aromatic heterocycles. The van der Waals surface area contributed by atoms with E-state index in [1.807, 2.05) is 18.2 Å². The van der Waals surface area contributed by atoms with Gasteiger partial charge in [0.05, 0.1) is 0 Å². The Balaban J connectivity index is 1.92. The van der Waals surface area contributed by atoms with Crippen molar-refractivity contribution in [2.24, 2.45) is 0 Å². The van der Waals surface area contributed by atoms with E-state index < -0.39 is 0 Å². The van der Waals surface area contributed by atoms with Gasteiger partial charge >= 0.3 is 0 Å². The molecule has 0 spiro atoms. The van der Waals surface area contributed by atoms with Crippen molar-refractivity contribution in [3.05, 3.63) is 57.2 Å². The maximum absolute atomic E-state index is 5.93. The van der Waals surface area contributed by atoms with Crippen molar-refractivity contribution in [2.75, 3.05) is 0 Å². The summed E-state index contributed by atoms with van der Waals surface area (Å²) in [6.45, 7) is 3.02. The number of nitrogens with one attached hydrogen (secondary N) is 1. The lowest BCUT2D eigenvalue weighted by Gasteiger charge is -2.12. The van der Waals surface area contributed by atoms with Crippen LogP contribution in [-0.4, -0.2) is 0 Å². The van der Waals surface area contributed by atoms with Gasteiger partial charge in [0.25, 0.3) is 0 Å². The molecule has 1 unspecified atom stereocenters. The van der Waals surface area contributed by atoms with Crippen molar-refractivity contribution in [3.63, 3.8) is 0 Å². The first-order valence-corrected chi connectivity index (χ1v) is 6.52. The first kappa shape index (κ1) is 11.6. The second kappa shape index (κ2) is 5.48. The van der Waals surface area contributed by atoms with Gasteiger partial charge in [-0.3, -0.25) is 0 Å². The van der Waals surface area contributed by atoms with E-state index in [4.69, 9.17) is 11.6 Å². The van der Waals surface area contributed by atoms with E-state index in [0.717, 1.165) is 11.6 Å². The highest BCUT2D eigenvalue weighted by molar-refractivity contribution is 7.10. The SMILES string of the molecule is CC(NCc1cccc(Cl)c1)c1cccs1. The lowest BCUT2D eigenvalue weighted by Crippen LogP contribution is -2.16. The number of hydrogen-bond donors (Lipinski definition) is 1. The van der Waals surface area contributed by atoms with E-state index >= 15 is 0 Å². The number of thiophene rings is 1. The smallest absolute Gasteiger partial charge is 0.0409 e. The van der Waals surface area contributed by atoms with Gasteiger partial charge in [0, 0.05) is 22.5 Å². The Kier molecular flexibility index (Phi) is 3.99. The van der Waals surface area contributed by atoms with Crippen LogP contribution in [0.4, 0.5) is 0 Å². The Morgan fingerprint density at radius 3 is 2.88 bits per heavy atom. The van der Waals surface area contributed by atoms with E-state index in [1.54, 1.807) is 11.3 Å². The summed E-state index contributed by atoms with van der Waals surface area (Å²) < 4.78 is 0. The molecule has 0 radical (unpaired) electrons. The van der Waals surface area contributed by atoms with Crippen LogP contribution in [0.3, 0.4) is 0 Å². The van der Waals surface area contributed by atoms with Gasteiger partial charge in [-0.1, -0.05) is 29.8 Å². The molecule has 0 saturated heterocycles. The van der Waals surface area contributed by atoms with Gasteiger partial charge < -0.3 is 5.32 Å². The molecule has 3 heteroatoms. The van der Waals surface area contributed by atoms with E-state index in [2.05, 4.69) is 35.8 Å². The zero-order valence-corrected chi connectivity index (χ0v) is 10.7. The summed E-state index contributed by atoms with van der Waals surface area (Å²) in [6.07, 6.45) is 0. The highest BCUT2D eigenvalue weighted by Gasteiger charge is 2.05. The summed E-state index contributed by atoms with van der Waals surface area (Å²) in [4.78, 5) is 1.36. The van der Waals surface area contributed by atoms with Crippen LogP contribution in [0.25, 0.3) is 0 Å². The van der Waals surface area contributed by atoms with Crippen molar-refractivity contribution < 1.29 is 0 Å². The molecule has 16 heavy (non-hydrogen) atoms. The Bertz CT molecular complexity index is 439. The van der Waals surface area contributed by atoms with Crippen molar-refractivity contribution in [1.29, 1.82) is 0 Å². The van der Waals surface area contributed by atoms with Crippen molar-refractivity contribution >= 4 is 22.9 Å². The molecule has 1 aromatic carbocycles. The molecule has 0 bridgehead atoms. The molecule has 1 nitrogen and oxygen atoms in total. The molecule has 1 heterocycles. The third-order valence-electron chi connectivity index (χ3n) is 2.47. The normalized spacial score (nSPS) is 12.6. The van der Waals surface area contributed by atoms with E-state index in [-0.39, 0.29) is 0 Å². The number of benzene rings is 1. The Labute approximate surface area is 105 Å². The molecule has 1 atom stereocenters. The van der Waals surface area contributed by atoms with Crippen molar-refractivity contribution in [3.8, 4) is 0 Å². The predicted octanol–water partition coefficient (Wildman–Crippen LogP) is 4.25. The monoisotopic (exact) mass is 251 g/mol. The van der Waals surface area contributed by atoms with Crippen LogP contribution in [0.2, 0.25) is 5.02 Å². The summed E-state index contributed by atoms with van der Waals surface area (Å²) in [5.41, 5.74) is 1.22. The quantitative estimate of drug-likeness (QED) is 0.857. The molecular formula is C13H14ClNS. The lowest BCUT2D eigenvalue weighted by atomic mass is 10.2. The standard InChI is InChI=1S/C13H14ClNS/c1-10(13-6-3-7-16-13)15-9-11-4-2-5-12(14)8-11/h2-8,10,15H,9H2,1H3. The van der Waals surface area contributed by atoms with Crippen LogP contribution >= 0.6 is 22.9 Å². The fraction of sp³-hybridized carbons (Fsp3) is 0.231. The van der Waals surface area contributed by atoms with Gasteiger partial charge in [-0.05, 0) is 36.1 Å². The minimum atomic E-state index is 0.388. The molecule has 2 rings (SSSR count). The topological polar surface area (TPSA) is 12.0 Å². The van der Waals surface area contributed by atoms with Crippen molar-refractivity contribution in [1.82, 2.24) is 5.32 Å². The number of rotatable bonds is 4. The third-order valence-corrected chi connectivity index (χ3v) is 3.76. The first-order valence-electron chi connectivity index (χ1n) is 5.27. The fourth-order valence-electron chi connectivity index (χ4n) is 1.56. The summed E-state index contributed by atoms with van der Waals surface area (Å²) in [7, 11) is 0. The lowest BCUT2D eigenvalue weighted by molar-refractivity contribution is 0.583. The van der Waals surface area contributed by atoms with Crippen LogP contribution in [0, 0.1) is 0 Å². The average Bonchev–Trinajstić information content (AvgIpc) is 2.79. The zero-order valence-electron chi connectivity index (χ0n) is 9.11. The van der Waals surface area contributed by atoms with E-state index in [1.165, 1.54) is 10.4 Å². The molecule has 0 aliphatic heterocycles. The van der Waals surface area contributed by atoms with Gasteiger partial charge in [0.15, 0.2) is 0 Å². The predicted molar refractivity (Wildman–Crippen MR) is 71.0 cm³/mol. The molecule has 0 aliphatic carbocycles. The molecule has 1 N–H and O–H groups in total. The van der Waals surface area contributed by atoms with E-state index in [9.17, 15) is 0 Å². The Morgan fingerprint density at radius 2 is 2.19 bits per heavy atom. The molecular weight excluding hydrogens is 238 g/mol. The van der Waals surface area contributed by atoms with Crippen molar-refractivity contribution in [2.45, 2.75) is 19.5 Å². The minimum Gasteiger partial charge on any atom is -0.305 e. The second-order valence-corrected chi connectivity index (χ2v) is 5.16. The largest absolute Gasteiger partial charge is 0.305 e. The molecule has 0 amide bonds. The minimum absolute atomic E-state index is 0.388. The van der Waals surface area contributed by atoms with Gasteiger partial charge in [-0.2, -0.15) is 0 Å². The van der Waals surface area contributed by atoms with Gasteiger partial charge in [0.1, 0.15) is 0 Å². The van der Waals surface area contributed by atoms with Gasteiger partial charge in [-0.15, -0.1) is 11.3 Å². The van der Waals surface area contributed by atoms with Gasteiger partial charge in [0.2, 0.25) is 0 Å². The summed E-state index contributed by atoms with van der Waals surface area (Å²) in [5, 5.41) is 6.38. The zero-order chi connectivity index (χ0) is 11.4. The van der Waals surface area contributed by atoms with Crippen LogP contribution in [-0.2, 0) is 6.54 Å². The van der Waals surface area contributed by atoms with E-state index in [0.29, 0.717) is 6.04 Å². The maximum atomic E-state index is 5.93. The van der Waals surface area contributed by atoms with Crippen LogP contribution in [0.5, 0.6) is 0 Å². The average molecular weight is 252 g/mol. The number of halogens is 1. The summed E-state index contributed by atoms with van der Waals surface area (Å²) in [5.74, 6) is 0. The Morgan fingerprint density at radius 1 is 1.31 bits per heavy atom. The second-order valence-electron chi connectivity index (χ2n) is 3.75. The highest BCUT2D eigenvalue weighted by atomic mass is 35.5. The molecule has 84 valence electrons. The molecule has 0 aliphatic rings. The van der Waals surface area contributed by atoms with Gasteiger partial charge in [-0.25, -0.2) is 0 Å².